The molecule has 2 rings (SSSR count). The van der Waals surface area contributed by atoms with Crippen LogP contribution in [0.5, 0.6) is 0 Å². The molecule has 0 saturated carbocycles. The normalized spacial score (nSPS) is 11.0. The summed E-state index contributed by atoms with van der Waals surface area (Å²) in [5, 5.41) is 7.90. The number of hydrogen-bond donors (Lipinski definition) is 2. The summed E-state index contributed by atoms with van der Waals surface area (Å²) < 4.78 is 0. The van der Waals surface area contributed by atoms with Gasteiger partial charge in [0.1, 0.15) is 0 Å². The molecule has 0 amide bonds. The zero-order chi connectivity index (χ0) is 12.8. The van der Waals surface area contributed by atoms with Crippen molar-refractivity contribution >= 4 is 10.9 Å². The highest BCUT2D eigenvalue weighted by atomic mass is 14.9. The van der Waals surface area contributed by atoms with Gasteiger partial charge in [0.2, 0.25) is 0 Å². The van der Waals surface area contributed by atoms with Gasteiger partial charge in [0, 0.05) is 17.6 Å². The van der Waals surface area contributed by atoms with Crippen LogP contribution >= 0.6 is 0 Å². The summed E-state index contributed by atoms with van der Waals surface area (Å²) in [5.74, 6) is 0. The molecule has 0 unspecified atom stereocenters. The molecule has 2 N–H and O–H groups in total. The topological polar surface area (TPSA) is 37.0 Å². The van der Waals surface area contributed by atoms with E-state index in [9.17, 15) is 0 Å². The van der Waals surface area contributed by atoms with Gasteiger partial charge in [-0.2, -0.15) is 0 Å². The smallest absolute Gasteiger partial charge is 0.0708 e. The van der Waals surface area contributed by atoms with Gasteiger partial charge in [-0.15, -0.1) is 0 Å². The first-order valence-corrected chi connectivity index (χ1v) is 6.52. The van der Waals surface area contributed by atoms with Gasteiger partial charge in [-0.05, 0) is 51.2 Å². The van der Waals surface area contributed by atoms with Gasteiger partial charge >= 0.3 is 0 Å². The van der Waals surface area contributed by atoms with E-state index in [-0.39, 0.29) is 0 Å². The number of nitrogens with zero attached hydrogens (tertiary/aromatic N) is 1. The highest BCUT2D eigenvalue weighted by molar-refractivity contribution is 5.82. The third-order valence-electron chi connectivity index (χ3n) is 3.03. The van der Waals surface area contributed by atoms with Crippen LogP contribution in [0.3, 0.4) is 0 Å². The molecular formula is C15H21N3. The number of pyridine rings is 1. The van der Waals surface area contributed by atoms with E-state index in [1.54, 1.807) is 0 Å². The van der Waals surface area contributed by atoms with Gasteiger partial charge < -0.3 is 10.6 Å². The van der Waals surface area contributed by atoms with Crippen LogP contribution in [-0.4, -0.2) is 25.1 Å². The molecule has 1 aromatic carbocycles. The quantitative estimate of drug-likeness (QED) is 0.764. The minimum absolute atomic E-state index is 0.910. The predicted octanol–water partition coefficient (Wildman–Crippen LogP) is 2.24. The summed E-state index contributed by atoms with van der Waals surface area (Å²) in [6, 6.07) is 10.5. The van der Waals surface area contributed by atoms with Crippen molar-refractivity contribution in [2.45, 2.75) is 19.9 Å². The fourth-order valence-corrected chi connectivity index (χ4v) is 2.15. The Morgan fingerprint density at radius 3 is 2.83 bits per heavy atom. The van der Waals surface area contributed by atoms with E-state index in [1.807, 2.05) is 13.1 Å². The highest BCUT2D eigenvalue weighted by Gasteiger charge is 2.02. The lowest BCUT2D eigenvalue weighted by atomic mass is 10.1. The maximum absolute atomic E-state index is 4.56. The van der Waals surface area contributed by atoms with Crippen LogP contribution in [0.1, 0.15) is 17.7 Å². The average molecular weight is 243 g/mol. The van der Waals surface area contributed by atoms with Gasteiger partial charge in [0.05, 0.1) is 5.52 Å². The second kappa shape index (κ2) is 6.47. The lowest BCUT2D eigenvalue weighted by Crippen LogP contribution is -2.19. The Bertz CT molecular complexity index is 508. The average Bonchev–Trinajstić information content (AvgIpc) is 2.38. The number of hydrogen-bond acceptors (Lipinski definition) is 3. The zero-order valence-electron chi connectivity index (χ0n) is 11.2. The third-order valence-corrected chi connectivity index (χ3v) is 3.03. The minimum Gasteiger partial charge on any atom is -0.320 e. The molecule has 0 atom stereocenters. The summed E-state index contributed by atoms with van der Waals surface area (Å²) >= 11 is 0. The lowest BCUT2D eigenvalue weighted by molar-refractivity contribution is 0.626. The number of benzene rings is 1. The number of para-hydroxylation sites is 1. The SMILES string of the molecule is CNCCCNCc1cc(C)nc2ccccc12. The maximum atomic E-state index is 4.56. The number of nitrogens with one attached hydrogen (secondary N) is 2. The van der Waals surface area contributed by atoms with Crippen LogP contribution < -0.4 is 10.6 Å². The Hall–Kier alpha value is -1.45. The van der Waals surface area contributed by atoms with Crippen molar-refractivity contribution < 1.29 is 0 Å². The first-order chi connectivity index (χ1) is 8.81. The first kappa shape index (κ1) is 13.0. The number of fused-ring (bicyclic) bond motifs is 1. The maximum Gasteiger partial charge on any atom is 0.0708 e. The fraction of sp³-hybridized carbons (Fsp3) is 0.400. The van der Waals surface area contributed by atoms with Gasteiger partial charge in [0.25, 0.3) is 0 Å². The van der Waals surface area contributed by atoms with Crippen molar-refractivity contribution in [3.63, 3.8) is 0 Å². The van der Waals surface area contributed by atoms with Gasteiger partial charge in [-0.3, -0.25) is 4.98 Å². The van der Waals surface area contributed by atoms with Crippen LogP contribution in [0.25, 0.3) is 10.9 Å². The fourth-order valence-electron chi connectivity index (χ4n) is 2.15. The van der Waals surface area contributed by atoms with E-state index in [2.05, 4.69) is 46.8 Å². The molecule has 0 aliphatic carbocycles. The van der Waals surface area contributed by atoms with Gasteiger partial charge in [0.15, 0.2) is 0 Å². The van der Waals surface area contributed by atoms with Crippen LogP contribution in [0.4, 0.5) is 0 Å². The standard InChI is InChI=1S/C15H21N3/c1-12-10-13(11-17-9-5-8-16-2)14-6-3-4-7-15(14)18-12/h3-4,6-7,10,16-17H,5,8-9,11H2,1-2H3. The van der Waals surface area contributed by atoms with Crippen LogP contribution in [0, 0.1) is 6.92 Å². The van der Waals surface area contributed by atoms with Crippen molar-refractivity contribution in [1.29, 1.82) is 0 Å². The first-order valence-electron chi connectivity index (χ1n) is 6.52. The van der Waals surface area contributed by atoms with Crippen LogP contribution in [0.15, 0.2) is 30.3 Å². The predicted molar refractivity (Wildman–Crippen MR) is 76.7 cm³/mol. The molecule has 0 spiro atoms. The Balaban J connectivity index is 2.07. The van der Waals surface area contributed by atoms with Crippen molar-refractivity contribution in [2.24, 2.45) is 0 Å². The molecule has 0 radical (unpaired) electrons. The van der Waals surface area contributed by atoms with Gasteiger partial charge in [-0.25, -0.2) is 0 Å². The molecule has 3 nitrogen and oxygen atoms in total. The van der Waals surface area contributed by atoms with Crippen LogP contribution in [-0.2, 0) is 6.54 Å². The Kier molecular flexibility index (Phi) is 4.67. The number of rotatable bonds is 6. The molecule has 0 saturated heterocycles. The molecular weight excluding hydrogens is 222 g/mol. The third kappa shape index (κ3) is 3.28. The number of aromatic nitrogens is 1. The summed E-state index contributed by atoms with van der Waals surface area (Å²) in [6.07, 6.45) is 1.15. The molecule has 0 fully saturated rings. The van der Waals surface area contributed by atoms with Crippen molar-refractivity contribution in [1.82, 2.24) is 15.6 Å². The lowest BCUT2D eigenvalue weighted by Gasteiger charge is -2.09. The summed E-state index contributed by atoms with van der Waals surface area (Å²) in [4.78, 5) is 4.56. The molecule has 18 heavy (non-hydrogen) atoms. The molecule has 0 aliphatic rings. The molecule has 1 heterocycles. The Morgan fingerprint density at radius 2 is 2.00 bits per heavy atom. The second-order valence-corrected chi connectivity index (χ2v) is 4.57. The van der Waals surface area contributed by atoms with Crippen LogP contribution in [0.2, 0.25) is 0 Å². The molecule has 2 aromatic rings. The molecule has 0 aliphatic heterocycles. The molecule has 0 bridgehead atoms. The number of aryl methyl sites for hydroxylation is 1. The molecule has 1 aromatic heterocycles. The van der Waals surface area contributed by atoms with Gasteiger partial charge in [-0.1, -0.05) is 18.2 Å². The minimum atomic E-state index is 0.910. The van der Waals surface area contributed by atoms with Crippen molar-refractivity contribution in [3.05, 3.63) is 41.6 Å². The monoisotopic (exact) mass is 243 g/mol. The summed E-state index contributed by atoms with van der Waals surface area (Å²) in [6.45, 7) is 5.06. The Morgan fingerprint density at radius 1 is 1.17 bits per heavy atom. The van der Waals surface area contributed by atoms with E-state index < -0.39 is 0 Å². The molecule has 96 valence electrons. The van der Waals surface area contributed by atoms with E-state index in [4.69, 9.17) is 0 Å². The molecule has 3 heteroatoms. The van der Waals surface area contributed by atoms with Crippen molar-refractivity contribution in [2.75, 3.05) is 20.1 Å². The summed E-state index contributed by atoms with van der Waals surface area (Å²) in [5.41, 5.74) is 3.51. The second-order valence-electron chi connectivity index (χ2n) is 4.57. The van der Waals surface area contributed by atoms with Crippen molar-refractivity contribution in [3.8, 4) is 0 Å². The van der Waals surface area contributed by atoms with E-state index in [0.717, 1.165) is 37.3 Å². The Labute approximate surface area is 109 Å². The van der Waals surface area contributed by atoms with E-state index >= 15 is 0 Å². The van der Waals surface area contributed by atoms with E-state index in [1.165, 1.54) is 10.9 Å². The largest absolute Gasteiger partial charge is 0.320 e. The highest BCUT2D eigenvalue weighted by Crippen LogP contribution is 2.17. The van der Waals surface area contributed by atoms with E-state index in [0.29, 0.717) is 0 Å². The summed E-state index contributed by atoms with van der Waals surface area (Å²) in [7, 11) is 1.99. The zero-order valence-corrected chi connectivity index (χ0v) is 11.2.